The topological polar surface area (TPSA) is 42.0 Å². The summed E-state index contributed by atoms with van der Waals surface area (Å²) in [7, 11) is 0. The van der Waals surface area contributed by atoms with E-state index in [0.29, 0.717) is 35.5 Å². The second-order valence-corrected chi connectivity index (χ2v) is 8.94. The van der Waals surface area contributed by atoms with Gasteiger partial charge in [-0.05, 0) is 36.8 Å². The normalized spacial score (nSPS) is 17.2. The molecule has 7 heteroatoms. The van der Waals surface area contributed by atoms with E-state index in [1.165, 1.54) is 5.69 Å². The summed E-state index contributed by atoms with van der Waals surface area (Å²) in [6.45, 7) is 6.28. The first-order valence-corrected chi connectivity index (χ1v) is 11.3. The summed E-state index contributed by atoms with van der Waals surface area (Å²) in [4.78, 5) is 17.2. The summed E-state index contributed by atoms with van der Waals surface area (Å²) in [5, 5.41) is 0.457. The summed E-state index contributed by atoms with van der Waals surface area (Å²) >= 11 is 7.95. The van der Waals surface area contributed by atoms with Crippen molar-refractivity contribution in [3.8, 4) is 11.5 Å². The van der Waals surface area contributed by atoms with E-state index in [2.05, 4.69) is 29.2 Å². The highest BCUT2D eigenvalue weighted by Crippen LogP contribution is 2.39. The standard InChI is InChI=1S/C22H25ClN2O3S/c1-16(29-15-17-13-19(23)21-20(14-17)27-11-12-28-21)22(26)25-9-7-24(8-10-25)18-5-3-2-4-6-18/h2-6,13-14,16H,7-12,15H2,1H3. The van der Waals surface area contributed by atoms with Gasteiger partial charge in [-0.3, -0.25) is 4.79 Å². The minimum atomic E-state index is -0.106. The molecule has 5 nitrogen and oxygen atoms in total. The number of nitrogens with zero attached hydrogens (tertiary/aromatic N) is 2. The molecule has 0 saturated carbocycles. The molecule has 1 unspecified atom stereocenters. The van der Waals surface area contributed by atoms with Crippen molar-refractivity contribution >= 4 is 35.0 Å². The Bertz CT molecular complexity index is 857. The lowest BCUT2D eigenvalue weighted by Crippen LogP contribution is -2.50. The van der Waals surface area contributed by atoms with Crippen LogP contribution in [-0.2, 0) is 10.5 Å². The second kappa shape index (κ2) is 9.18. The van der Waals surface area contributed by atoms with Gasteiger partial charge in [0.15, 0.2) is 11.5 Å². The van der Waals surface area contributed by atoms with Crippen molar-refractivity contribution in [2.24, 2.45) is 0 Å². The van der Waals surface area contributed by atoms with Gasteiger partial charge in [-0.2, -0.15) is 0 Å². The van der Waals surface area contributed by atoms with Gasteiger partial charge in [0.25, 0.3) is 0 Å². The Balaban J connectivity index is 1.30. The number of amides is 1. The monoisotopic (exact) mass is 432 g/mol. The fourth-order valence-electron chi connectivity index (χ4n) is 3.62. The van der Waals surface area contributed by atoms with Gasteiger partial charge in [0.1, 0.15) is 13.2 Å². The van der Waals surface area contributed by atoms with Gasteiger partial charge in [-0.15, -0.1) is 11.8 Å². The van der Waals surface area contributed by atoms with Crippen molar-refractivity contribution in [1.29, 1.82) is 0 Å². The summed E-state index contributed by atoms with van der Waals surface area (Å²) in [5.74, 6) is 2.21. The molecule has 0 aliphatic carbocycles. The molecule has 0 radical (unpaired) electrons. The average Bonchev–Trinajstić information content (AvgIpc) is 2.78. The molecule has 1 saturated heterocycles. The summed E-state index contributed by atoms with van der Waals surface area (Å²) < 4.78 is 11.2. The van der Waals surface area contributed by atoms with Crippen LogP contribution in [0.1, 0.15) is 12.5 Å². The minimum Gasteiger partial charge on any atom is -0.486 e. The predicted molar refractivity (Wildman–Crippen MR) is 118 cm³/mol. The van der Waals surface area contributed by atoms with Crippen LogP contribution in [0.3, 0.4) is 0 Å². The molecule has 2 aromatic carbocycles. The van der Waals surface area contributed by atoms with Crippen LogP contribution in [0.2, 0.25) is 5.02 Å². The molecule has 2 aromatic rings. The van der Waals surface area contributed by atoms with E-state index in [1.807, 2.05) is 30.0 Å². The number of ether oxygens (including phenoxy) is 2. The lowest BCUT2D eigenvalue weighted by Gasteiger charge is -2.37. The first-order valence-electron chi connectivity index (χ1n) is 9.90. The predicted octanol–water partition coefficient (Wildman–Crippen LogP) is 4.08. The molecule has 0 bridgehead atoms. The van der Waals surface area contributed by atoms with Crippen LogP contribution in [0, 0.1) is 0 Å². The minimum absolute atomic E-state index is 0.106. The Morgan fingerprint density at radius 2 is 1.83 bits per heavy atom. The van der Waals surface area contributed by atoms with Crippen molar-refractivity contribution in [2.75, 3.05) is 44.3 Å². The van der Waals surface area contributed by atoms with Gasteiger partial charge in [-0.1, -0.05) is 29.8 Å². The number of fused-ring (bicyclic) bond motifs is 1. The number of anilines is 1. The molecular formula is C22H25ClN2O3S. The molecule has 0 spiro atoms. The second-order valence-electron chi connectivity index (χ2n) is 7.20. The van der Waals surface area contributed by atoms with E-state index in [1.54, 1.807) is 11.8 Å². The van der Waals surface area contributed by atoms with E-state index >= 15 is 0 Å². The fourth-order valence-corrected chi connectivity index (χ4v) is 4.81. The third-order valence-electron chi connectivity index (χ3n) is 5.22. The van der Waals surface area contributed by atoms with Gasteiger partial charge >= 0.3 is 0 Å². The number of rotatable bonds is 5. The number of benzene rings is 2. The first kappa shape index (κ1) is 20.2. The highest BCUT2D eigenvalue weighted by atomic mass is 35.5. The van der Waals surface area contributed by atoms with Crippen LogP contribution in [0.5, 0.6) is 11.5 Å². The maximum atomic E-state index is 12.9. The van der Waals surface area contributed by atoms with Crippen molar-refractivity contribution in [3.63, 3.8) is 0 Å². The Morgan fingerprint density at radius 1 is 1.10 bits per heavy atom. The Labute approximate surface area is 180 Å². The molecule has 2 heterocycles. The number of halogens is 1. The number of piperazine rings is 1. The van der Waals surface area contributed by atoms with Crippen molar-refractivity contribution < 1.29 is 14.3 Å². The third-order valence-corrected chi connectivity index (χ3v) is 6.70. The van der Waals surface area contributed by atoms with E-state index in [4.69, 9.17) is 21.1 Å². The number of hydrogen-bond acceptors (Lipinski definition) is 5. The summed E-state index contributed by atoms with van der Waals surface area (Å²) in [5.41, 5.74) is 2.26. The van der Waals surface area contributed by atoms with Crippen LogP contribution in [0.25, 0.3) is 0 Å². The molecule has 1 amide bonds. The molecule has 29 heavy (non-hydrogen) atoms. The Hall–Kier alpha value is -2.05. The van der Waals surface area contributed by atoms with Crippen LogP contribution < -0.4 is 14.4 Å². The molecule has 4 rings (SSSR count). The first-order chi connectivity index (χ1) is 14.1. The lowest BCUT2D eigenvalue weighted by molar-refractivity contribution is -0.130. The van der Waals surface area contributed by atoms with Gasteiger partial charge in [0, 0.05) is 37.6 Å². The third kappa shape index (κ3) is 4.75. The number of hydrogen-bond donors (Lipinski definition) is 0. The summed E-state index contributed by atoms with van der Waals surface area (Å²) in [6, 6.07) is 14.2. The molecular weight excluding hydrogens is 408 g/mol. The number of para-hydroxylation sites is 1. The molecule has 0 N–H and O–H groups in total. The highest BCUT2D eigenvalue weighted by Gasteiger charge is 2.25. The smallest absolute Gasteiger partial charge is 0.235 e. The molecule has 154 valence electrons. The maximum Gasteiger partial charge on any atom is 0.235 e. The number of carbonyl (C=O) groups is 1. The van der Waals surface area contributed by atoms with Crippen LogP contribution in [-0.4, -0.2) is 55.4 Å². The van der Waals surface area contributed by atoms with Crippen LogP contribution >= 0.6 is 23.4 Å². The largest absolute Gasteiger partial charge is 0.486 e. The zero-order valence-electron chi connectivity index (χ0n) is 16.5. The van der Waals surface area contributed by atoms with Gasteiger partial charge in [0.2, 0.25) is 5.91 Å². The molecule has 0 aromatic heterocycles. The van der Waals surface area contributed by atoms with E-state index in [-0.39, 0.29) is 11.2 Å². The molecule has 2 aliphatic heterocycles. The quantitative estimate of drug-likeness (QED) is 0.712. The lowest BCUT2D eigenvalue weighted by atomic mass is 10.2. The van der Waals surface area contributed by atoms with Gasteiger partial charge < -0.3 is 19.3 Å². The van der Waals surface area contributed by atoms with Crippen LogP contribution in [0.4, 0.5) is 5.69 Å². The molecule has 1 atom stereocenters. The zero-order valence-corrected chi connectivity index (χ0v) is 18.0. The number of thioether (sulfide) groups is 1. The van der Waals surface area contributed by atoms with E-state index < -0.39 is 0 Å². The Morgan fingerprint density at radius 3 is 2.59 bits per heavy atom. The molecule has 1 fully saturated rings. The Kier molecular flexibility index (Phi) is 6.40. The number of carbonyl (C=O) groups excluding carboxylic acids is 1. The van der Waals surface area contributed by atoms with E-state index in [0.717, 1.165) is 31.7 Å². The summed E-state index contributed by atoms with van der Waals surface area (Å²) in [6.07, 6.45) is 0. The fraction of sp³-hybridized carbons (Fsp3) is 0.409. The van der Waals surface area contributed by atoms with Crippen molar-refractivity contribution in [1.82, 2.24) is 4.90 Å². The SMILES string of the molecule is CC(SCc1cc(Cl)c2c(c1)OCCO2)C(=O)N1CCN(c2ccccc2)CC1. The van der Waals surface area contributed by atoms with Crippen molar-refractivity contribution in [2.45, 2.75) is 17.9 Å². The highest BCUT2D eigenvalue weighted by molar-refractivity contribution is 7.99. The van der Waals surface area contributed by atoms with Crippen LogP contribution in [0.15, 0.2) is 42.5 Å². The van der Waals surface area contributed by atoms with Crippen molar-refractivity contribution in [3.05, 3.63) is 53.1 Å². The maximum absolute atomic E-state index is 12.9. The van der Waals surface area contributed by atoms with Gasteiger partial charge in [-0.25, -0.2) is 0 Å². The molecule has 2 aliphatic rings. The zero-order chi connectivity index (χ0) is 20.2. The van der Waals surface area contributed by atoms with E-state index in [9.17, 15) is 4.79 Å². The average molecular weight is 433 g/mol. The van der Waals surface area contributed by atoms with Gasteiger partial charge in [0.05, 0.1) is 10.3 Å².